The lowest BCUT2D eigenvalue weighted by molar-refractivity contribution is -0.168. The van der Waals surface area contributed by atoms with Gasteiger partial charge in [0.15, 0.2) is 0 Å². The zero-order valence-electron chi connectivity index (χ0n) is 16.9. The predicted molar refractivity (Wildman–Crippen MR) is 109 cm³/mol. The van der Waals surface area contributed by atoms with Gasteiger partial charge in [0.05, 0.1) is 10.9 Å². The third-order valence-corrected chi connectivity index (χ3v) is 10.3. The lowest BCUT2D eigenvalue weighted by atomic mass is 9.41. The van der Waals surface area contributed by atoms with Crippen LogP contribution in [0.25, 0.3) is 0 Å². The largest absolute Gasteiger partial charge is 0.390 e. The lowest BCUT2D eigenvalue weighted by Crippen LogP contribution is -2.58. The summed E-state index contributed by atoms with van der Waals surface area (Å²) in [5, 5.41) is 11.2. The Kier molecular flexibility index (Phi) is 4.91. The third-order valence-electron chi connectivity index (χ3n) is 9.72. The second kappa shape index (κ2) is 6.58. The van der Waals surface area contributed by atoms with Crippen molar-refractivity contribution in [1.29, 1.82) is 0 Å². The summed E-state index contributed by atoms with van der Waals surface area (Å²) in [7, 11) is 0. The molecule has 0 saturated heterocycles. The molecule has 4 saturated carbocycles. The van der Waals surface area contributed by atoms with E-state index in [1.165, 1.54) is 44.9 Å². The molecule has 2 nitrogen and oxygen atoms in total. The number of ketones is 1. The molecule has 0 aromatic heterocycles. The molecule has 4 aliphatic carbocycles. The van der Waals surface area contributed by atoms with Gasteiger partial charge in [0.1, 0.15) is 5.78 Å². The smallest absolute Gasteiger partial charge is 0.147 e. The molecular formula is C23H37BrO2. The predicted octanol–water partition coefficient (Wildman–Crippen LogP) is 5.75. The molecule has 26 heavy (non-hydrogen) atoms. The van der Waals surface area contributed by atoms with E-state index in [1.807, 2.05) is 6.92 Å². The number of Topliss-reactive ketones (excluding diaryl/α,β-unsaturated/α-hetero) is 1. The molecule has 0 aliphatic heterocycles. The van der Waals surface area contributed by atoms with Crippen LogP contribution in [0, 0.1) is 40.4 Å². The molecule has 1 N–H and O–H groups in total. The van der Waals surface area contributed by atoms with Crippen molar-refractivity contribution in [2.75, 3.05) is 5.33 Å². The van der Waals surface area contributed by atoms with Gasteiger partial charge in [-0.1, -0.05) is 36.2 Å². The van der Waals surface area contributed by atoms with Crippen LogP contribution in [0.3, 0.4) is 0 Å². The Morgan fingerprint density at radius 2 is 1.69 bits per heavy atom. The fraction of sp³-hybridized carbons (Fsp3) is 0.957. The normalized spacial score (nSPS) is 54.0. The first-order valence-electron chi connectivity index (χ1n) is 11.0. The van der Waals surface area contributed by atoms with E-state index in [0.29, 0.717) is 22.4 Å². The van der Waals surface area contributed by atoms with E-state index in [2.05, 4.69) is 29.8 Å². The maximum absolute atomic E-state index is 12.7. The Morgan fingerprint density at radius 3 is 2.42 bits per heavy atom. The molecule has 3 heteroatoms. The van der Waals surface area contributed by atoms with Crippen molar-refractivity contribution in [1.82, 2.24) is 0 Å². The molecule has 4 rings (SSSR count). The lowest BCUT2D eigenvalue weighted by Gasteiger charge is -2.64. The first kappa shape index (κ1) is 19.4. The van der Waals surface area contributed by atoms with E-state index in [4.69, 9.17) is 0 Å². The van der Waals surface area contributed by atoms with Crippen molar-refractivity contribution < 1.29 is 9.90 Å². The second-order valence-corrected chi connectivity index (χ2v) is 11.5. The zero-order valence-corrected chi connectivity index (χ0v) is 18.5. The number of halogens is 1. The number of hydrogen-bond acceptors (Lipinski definition) is 2. The van der Waals surface area contributed by atoms with Gasteiger partial charge in [-0.25, -0.2) is 0 Å². The fourth-order valence-corrected chi connectivity index (χ4v) is 8.64. The summed E-state index contributed by atoms with van der Waals surface area (Å²) in [5.41, 5.74) is 0.199. The monoisotopic (exact) mass is 424 g/mol. The van der Waals surface area contributed by atoms with Crippen LogP contribution in [0.15, 0.2) is 0 Å². The van der Waals surface area contributed by atoms with Gasteiger partial charge in [-0.15, -0.1) is 0 Å². The van der Waals surface area contributed by atoms with E-state index < -0.39 is 5.60 Å². The summed E-state index contributed by atoms with van der Waals surface area (Å²) in [6.45, 7) is 7.06. The Balaban J connectivity index is 1.61. The van der Waals surface area contributed by atoms with E-state index in [0.717, 1.165) is 37.0 Å². The first-order valence-corrected chi connectivity index (χ1v) is 12.1. The summed E-state index contributed by atoms with van der Waals surface area (Å²) < 4.78 is 0. The van der Waals surface area contributed by atoms with Crippen LogP contribution in [-0.4, -0.2) is 21.8 Å². The number of hydrogen-bond donors (Lipinski definition) is 1. The zero-order chi connectivity index (χ0) is 18.7. The first-order chi connectivity index (χ1) is 12.2. The highest BCUT2D eigenvalue weighted by Gasteiger charge is 2.60. The maximum atomic E-state index is 12.7. The van der Waals surface area contributed by atoms with Crippen LogP contribution in [0.2, 0.25) is 0 Å². The molecule has 0 amide bonds. The number of alkyl halides is 1. The molecular weight excluding hydrogens is 388 g/mol. The van der Waals surface area contributed by atoms with Crippen molar-refractivity contribution >= 4 is 21.7 Å². The number of rotatable bonds is 2. The fourth-order valence-electron chi connectivity index (χ4n) is 8.25. The number of carbonyl (C=O) groups is 1. The minimum Gasteiger partial charge on any atom is -0.390 e. The van der Waals surface area contributed by atoms with E-state index >= 15 is 0 Å². The standard InChI is InChI=1S/C23H37BrO2/c1-21(26)11-12-22(2)15(13-21)7-8-16-17-5-4-6-19(20(25)14-24)23(17,3)10-9-18(16)22/h15-19,26H,4-14H2,1-3H3/t15?,16-,17-,18?,19+,21+,22-,23-/m0/s1. The number of aliphatic hydroxyl groups is 1. The van der Waals surface area contributed by atoms with E-state index in [-0.39, 0.29) is 11.3 Å². The average Bonchev–Trinajstić information content (AvgIpc) is 2.60. The third kappa shape index (κ3) is 2.86. The average molecular weight is 425 g/mol. The van der Waals surface area contributed by atoms with Crippen molar-refractivity contribution in [2.45, 2.75) is 90.6 Å². The maximum Gasteiger partial charge on any atom is 0.147 e. The van der Waals surface area contributed by atoms with Gasteiger partial charge in [-0.05, 0) is 99.2 Å². The highest BCUT2D eigenvalue weighted by Crippen LogP contribution is 2.67. The van der Waals surface area contributed by atoms with Crippen LogP contribution < -0.4 is 0 Å². The van der Waals surface area contributed by atoms with Crippen LogP contribution in [0.1, 0.15) is 85.0 Å². The van der Waals surface area contributed by atoms with Gasteiger partial charge in [0, 0.05) is 5.92 Å². The summed E-state index contributed by atoms with van der Waals surface area (Å²) in [6, 6.07) is 0. The Hall–Kier alpha value is 0.110. The Morgan fingerprint density at radius 1 is 0.962 bits per heavy atom. The molecule has 4 aliphatic rings. The summed E-state index contributed by atoms with van der Waals surface area (Å²) in [4.78, 5) is 12.7. The molecule has 8 atom stereocenters. The molecule has 0 spiro atoms. The van der Waals surface area contributed by atoms with E-state index in [1.54, 1.807) is 0 Å². The van der Waals surface area contributed by atoms with Crippen molar-refractivity contribution in [2.24, 2.45) is 40.4 Å². The summed E-state index contributed by atoms with van der Waals surface area (Å²) in [6.07, 6.45) is 12.0. The molecule has 148 valence electrons. The molecule has 2 unspecified atom stereocenters. The van der Waals surface area contributed by atoms with Crippen LogP contribution >= 0.6 is 15.9 Å². The minimum absolute atomic E-state index is 0.230. The van der Waals surface area contributed by atoms with E-state index in [9.17, 15) is 9.90 Å². The topological polar surface area (TPSA) is 37.3 Å². The van der Waals surface area contributed by atoms with Gasteiger partial charge >= 0.3 is 0 Å². The highest BCUT2D eigenvalue weighted by molar-refractivity contribution is 9.09. The van der Waals surface area contributed by atoms with Gasteiger partial charge < -0.3 is 5.11 Å². The molecule has 0 aromatic rings. The Labute approximate surface area is 168 Å². The van der Waals surface area contributed by atoms with Gasteiger partial charge in [0.25, 0.3) is 0 Å². The Bertz CT molecular complexity index is 573. The van der Waals surface area contributed by atoms with Crippen LogP contribution in [-0.2, 0) is 4.79 Å². The van der Waals surface area contributed by atoms with Gasteiger partial charge in [-0.3, -0.25) is 4.79 Å². The summed E-state index contributed by atoms with van der Waals surface area (Å²) >= 11 is 3.45. The highest BCUT2D eigenvalue weighted by atomic mass is 79.9. The van der Waals surface area contributed by atoms with Crippen LogP contribution in [0.4, 0.5) is 0 Å². The van der Waals surface area contributed by atoms with Crippen LogP contribution in [0.5, 0.6) is 0 Å². The molecule has 0 radical (unpaired) electrons. The minimum atomic E-state index is -0.446. The van der Waals surface area contributed by atoms with Gasteiger partial charge in [-0.2, -0.15) is 0 Å². The second-order valence-electron chi connectivity index (χ2n) is 11.0. The molecule has 0 bridgehead atoms. The molecule has 0 aromatic carbocycles. The van der Waals surface area contributed by atoms with Gasteiger partial charge in [0.2, 0.25) is 0 Å². The SMILES string of the molecule is C[C@@]1(O)CC[C@@]2(C)C(CC[C@@H]3C2CC[C@]2(C)[C@@H](C(=O)CBr)CCC[C@@H]32)C1. The number of carbonyl (C=O) groups excluding carboxylic acids is 1. The number of fused-ring (bicyclic) bond motifs is 5. The summed E-state index contributed by atoms with van der Waals surface area (Å²) in [5.74, 6) is 3.78. The van der Waals surface area contributed by atoms with Crippen molar-refractivity contribution in [3.63, 3.8) is 0 Å². The van der Waals surface area contributed by atoms with Crippen molar-refractivity contribution in [3.05, 3.63) is 0 Å². The quantitative estimate of drug-likeness (QED) is 0.572. The van der Waals surface area contributed by atoms with Crippen molar-refractivity contribution in [3.8, 4) is 0 Å². The molecule has 0 heterocycles. The molecule has 4 fully saturated rings.